The van der Waals surface area contributed by atoms with E-state index in [0.717, 1.165) is 4.31 Å². The minimum atomic E-state index is -4.21. The van der Waals surface area contributed by atoms with Gasteiger partial charge in [0.05, 0.1) is 10.6 Å². The summed E-state index contributed by atoms with van der Waals surface area (Å²) in [6, 6.07) is 28.2. The maximum absolute atomic E-state index is 14.2. The zero-order valence-electron chi connectivity index (χ0n) is 25.6. The third kappa shape index (κ3) is 8.92. The van der Waals surface area contributed by atoms with E-state index >= 15 is 0 Å². The third-order valence-corrected chi connectivity index (χ3v) is 8.84. The molecule has 10 heteroatoms. The Morgan fingerprint density at radius 2 is 1.40 bits per heavy atom. The molecule has 4 aromatic carbocycles. The summed E-state index contributed by atoms with van der Waals surface area (Å²) in [4.78, 5) is 28.9. The molecule has 45 heavy (non-hydrogen) atoms. The Labute approximate surface area is 264 Å². The minimum absolute atomic E-state index is 0.00853. The average Bonchev–Trinajstić information content (AvgIpc) is 3.04. The van der Waals surface area contributed by atoms with Gasteiger partial charge in [0.2, 0.25) is 11.8 Å². The van der Waals surface area contributed by atoms with Gasteiger partial charge in [0.1, 0.15) is 29.9 Å². The molecule has 4 aromatic rings. The average molecular weight is 632 g/mol. The van der Waals surface area contributed by atoms with Crippen molar-refractivity contribution in [3.63, 3.8) is 0 Å². The maximum Gasteiger partial charge on any atom is 0.264 e. The largest absolute Gasteiger partial charge is 0.457 e. The van der Waals surface area contributed by atoms with E-state index in [1.807, 2.05) is 32.0 Å². The number of amides is 2. The lowest BCUT2D eigenvalue weighted by Crippen LogP contribution is -2.52. The van der Waals surface area contributed by atoms with E-state index in [1.165, 1.54) is 41.3 Å². The van der Waals surface area contributed by atoms with Crippen LogP contribution in [-0.2, 0) is 26.2 Å². The van der Waals surface area contributed by atoms with E-state index in [4.69, 9.17) is 4.74 Å². The Kier molecular flexibility index (Phi) is 11.3. The number of rotatable bonds is 14. The van der Waals surface area contributed by atoms with Crippen LogP contribution in [0.2, 0.25) is 0 Å². The third-order valence-electron chi connectivity index (χ3n) is 7.05. The molecular formula is C35H38FN3O5S. The molecule has 0 aliphatic heterocycles. The molecule has 236 valence electrons. The zero-order chi connectivity index (χ0) is 32.4. The molecule has 1 atom stereocenters. The summed E-state index contributed by atoms with van der Waals surface area (Å²) < 4.78 is 48.6. The number of ether oxygens (including phenoxy) is 1. The van der Waals surface area contributed by atoms with Gasteiger partial charge in [0.25, 0.3) is 10.0 Å². The van der Waals surface area contributed by atoms with Crippen molar-refractivity contribution in [1.29, 1.82) is 0 Å². The predicted molar refractivity (Wildman–Crippen MR) is 173 cm³/mol. The van der Waals surface area contributed by atoms with Crippen molar-refractivity contribution in [3.05, 3.63) is 121 Å². The molecule has 0 fully saturated rings. The molecule has 0 saturated carbocycles. The van der Waals surface area contributed by atoms with E-state index in [1.54, 1.807) is 61.5 Å². The molecule has 2 amide bonds. The summed E-state index contributed by atoms with van der Waals surface area (Å²) in [7, 11) is -4.21. The van der Waals surface area contributed by atoms with Crippen LogP contribution in [0.1, 0.15) is 32.8 Å². The second-order valence-electron chi connectivity index (χ2n) is 10.9. The fraction of sp³-hybridized carbons (Fsp3) is 0.257. The summed E-state index contributed by atoms with van der Waals surface area (Å²) in [5, 5.41) is 2.89. The van der Waals surface area contributed by atoms with Crippen LogP contribution in [0, 0.1) is 11.7 Å². The Morgan fingerprint density at radius 3 is 1.98 bits per heavy atom. The van der Waals surface area contributed by atoms with Crippen molar-refractivity contribution in [2.45, 2.75) is 44.7 Å². The first-order valence-electron chi connectivity index (χ1n) is 14.8. The number of hydrogen-bond donors (Lipinski definition) is 1. The number of carbonyl (C=O) groups excluding carboxylic acids is 2. The SMILES string of the molecule is CC[C@H](C(=O)NCC(C)C)N(Cc1ccc(F)cc1)C(=O)CN(c1ccc(Oc2ccccc2)cc1)S(=O)(=O)c1ccccc1. The standard InChI is InChI=1S/C35H38FN3O5S/c1-4-33(35(41)37-23-26(2)3)38(24-27-15-17-28(36)18-16-27)34(40)25-39(45(42,43)32-13-9-6-10-14-32)29-19-21-31(22-20-29)44-30-11-7-5-8-12-30/h5-22,26,33H,4,23-25H2,1-3H3,(H,37,41)/t33-/m1/s1. The highest BCUT2D eigenvalue weighted by Crippen LogP contribution is 2.28. The minimum Gasteiger partial charge on any atom is -0.457 e. The van der Waals surface area contributed by atoms with Gasteiger partial charge in [-0.1, -0.05) is 69.3 Å². The number of nitrogens with zero attached hydrogens (tertiary/aromatic N) is 2. The Bertz CT molecular complexity index is 1650. The van der Waals surface area contributed by atoms with Crippen LogP contribution in [0.5, 0.6) is 11.5 Å². The van der Waals surface area contributed by atoms with Crippen LogP contribution >= 0.6 is 0 Å². The highest BCUT2D eigenvalue weighted by molar-refractivity contribution is 7.92. The van der Waals surface area contributed by atoms with Gasteiger partial charge in [-0.15, -0.1) is 0 Å². The molecule has 0 radical (unpaired) electrons. The number of sulfonamides is 1. The van der Waals surface area contributed by atoms with Gasteiger partial charge in [-0.2, -0.15) is 0 Å². The van der Waals surface area contributed by atoms with Gasteiger partial charge in [-0.25, -0.2) is 12.8 Å². The summed E-state index contributed by atoms with van der Waals surface area (Å²) in [5.74, 6) is -0.0751. The molecule has 0 saturated heterocycles. The van der Waals surface area contributed by atoms with Crippen LogP contribution < -0.4 is 14.4 Å². The van der Waals surface area contributed by atoms with Crippen LogP contribution in [-0.4, -0.2) is 44.3 Å². The van der Waals surface area contributed by atoms with E-state index < -0.39 is 34.3 Å². The highest BCUT2D eigenvalue weighted by atomic mass is 32.2. The van der Waals surface area contributed by atoms with Crippen LogP contribution in [0.4, 0.5) is 10.1 Å². The zero-order valence-corrected chi connectivity index (χ0v) is 26.4. The van der Waals surface area contributed by atoms with Crippen molar-refractivity contribution < 1.29 is 27.1 Å². The van der Waals surface area contributed by atoms with E-state index in [9.17, 15) is 22.4 Å². The van der Waals surface area contributed by atoms with Crippen molar-refractivity contribution in [2.75, 3.05) is 17.4 Å². The first-order chi connectivity index (χ1) is 21.6. The predicted octanol–water partition coefficient (Wildman–Crippen LogP) is 6.39. The number of nitrogens with one attached hydrogen (secondary N) is 1. The summed E-state index contributed by atoms with van der Waals surface area (Å²) >= 11 is 0. The number of hydrogen-bond acceptors (Lipinski definition) is 5. The molecular weight excluding hydrogens is 593 g/mol. The molecule has 1 N–H and O–H groups in total. The van der Waals surface area contributed by atoms with Crippen molar-refractivity contribution in [1.82, 2.24) is 10.2 Å². The van der Waals surface area contributed by atoms with Crippen molar-refractivity contribution in [2.24, 2.45) is 5.92 Å². The van der Waals surface area contributed by atoms with Crippen molar-refractivity contribution >= 4 is 27.5 Å². The smallest absolute Gasteiger partial charge is 0.264 e. The highest BCUT2D eigenvalue weighted by Gasteiger charge is 2.33. The fourth-order valence-electron chi connectivity index (χ4n) is 4.68. The lowest BCUT2D eigenvalue weighted by Gasteiger charge is -2.33. The van der Waals surface area contributed by atoms with E-state index in [0.29, 0.717) is 23.6 Å². The Balaban J connectivity index is 1.70. The van der Waals surface area contributed by atoms with Gasteiger partial charge >= 0.3 is 0 Å². The number of carbonyl (C=O) groups is 2. The van der Waals surface area contributed by atoms with Crippen LogP contribution in [0.15, 0.2) is 114 Å². The van der Waals surface area contributed by atoms with Gasteiger partial charge in [0, 0.05) is 13.1 Å². The monoisotopic (exact) mass is 631 g/mol. The fourth-order valence-corrected chi connectivity index (χ4v) is 6.12. The molecule has 0 aromatic heterocycles. The van der Waals surface area contributed by atoms with E-state index in [-0.39, 0.29) is 35.4 Å². The molecule has 4 rings (SSSR count). The molecule has 0 aliphatic carbocycles. The second kappa shape index (κ2) is 15.3. The number of benzene rings is 4. The lowest BCUT2D eigenvalue weighted by molar-refractivity contribution is -0.140. The van der Waals surface area contributed by atoms with Gasteiger partial charge in [-0.3, -0.25) is 13.9 Å². The van der Waals surface area contributed by atoms with E-state index in [2.05, 4.69) is 5.32 Å². The Hall–Kier alpha value is -4.70. The molecule has 0 unspecified atom stereocenters. The Morgan fingerprint density at radius 1 is 0.822 bits per heavy atom. The summed E-state index contributed by atoms with van der Waals surface area (Å²) in [5.41, 5.74) is 0.839. The molecule has 0 spiro atoms. The summed E-state index contributed by atoms with van der Waals surface area (Å²) in [6.45, 7) is 5.53. The molecule has 0 heterocycles. The summed E-state index contributed by atoms with van der Waals surface area (Å²) in [6.07, 6.45) is 0.286. The van der Waals surface area contributed by atoms with Crippen LogP contribution in [0.3, 0.4) is 0 Å². The first kappa shape index (κ1) is 33.2. The maximum atomic E-state index is 14.2. The number of para-hydroxylation sites is 1. The number of anilines is 1. The number of halogens is 1. The first-order valence-corrected chi connectivity index (χ1v) is 16.2. The second-order valence-corrected chi connectivity index (χ2v) is 12.8. The topological polar surface area (TPSA) is 96.0 Å². The quantitative estimate of drug-likeness (QED) is 0.174. The molecule has 0 aliphatic rings. The van der Waals surface area contributed by atoms with Gasteiger partial charge in [0.15, 0.2) is 0 Å². The van der Waals surface area contributed by atoms with Crippen molar-refractivity contribution in [3.8, 4) is 11.5 Å². The lowest BCUT2D eigenvalue weighted by atomic mass is 10.1. The normalized spacial score (nSPS) is 11.9. The molecule has 8 nitrogen and oxygen atoms in total. The van der Waals surface area contributed by atoms with Gasteiger partial charge in [-0.05, 0) is 78.6 Å². The van der Waals surface area contributed by atoms with Gasteiger partial charge < -0.3 is 15.0 Å². The van der Waals surface area contributed by atoms with Crippen LogP contribution in [0.25, 0.3) is 0 Å². The molecule has 0 bridgehead atoms.